The maximum absolute atomic E-state index is 12.6. The molecule has 1 atom stereocenters. The molecule has 0 aliphatic carbocycles. The zero-order valence-corrected chi connectivity index (χ0v) is 14.9. The number of aryl methyl sites for hydroxylation is 1. The molecule has 0 bridgehead atoms. The van der Waals surface area contributed by atoms with Gasteiger partial charge >= 0.3 is 6.03 Å². The number of carbonyl (C=O) groups excluding carboxylic acids is 3. The highest BCUT2D eigenvalue weighted by atomic mass is 16.2. The summed E-state index contributed by atoms with van der Waals surface area (Å²) in [6.07, 6.45) is 2.68. The Morgan fingerprint density at radius 1 is 1.24 bits per heavy atom. The van der Waals surface area contributed by atoms with E-state index in [0.29, 0.717) is 31.5 Å². The van der Waals surface area contributed by atoms with Crippen LogP contribution in [0.2, 0.25) is 0 Å². The van der Waals surface area contributed by atoms with Crippen LogP contribution in [0, 0.1) is 0 Å². The Kier molecular flexibility index (Phi) is 4.65. The highest BCUT2D eigenvalue weighted by Crippen LogP contribution is 2.29. The summed E-state index contributed by atoms with van der Waals surface area (Å²) in [5.74, 6) is 0.0598. The van der Waals surface area contributed by atoms with E-state index in [-0.39, 0.29) is 17.8 Å². The standard InChI is InChI=1S/C18H24N4O3/c1-20(2)17(24)15-5-4-10-22(15)18(25)19-13-7-8-14-12(11-13)6-9-16(23)21(14)3/h7-8,11,15H,4-6,9-10H2,1-3H3,(H,19,25)/t15-/m1/s1. The fourth-order valence-electron chi connectivity index (χ4n) is 3.49. The van der Waals surface area contributed by atoms with Gasteiger partial charge in [0, 0.05) is 45.5 Å². The zero-order valence-electron chi connectivity index (χ0n) is 14.9. The van der Waals surface area contributed by atoms with Gasteiger partial charge in [-0.2, -0.15) is 0 Å². The minimum absolute atomic E-state index is 0.0433. The molecule has 4 amide bonds. The molecule has 3 rings (SSSR count). The minimum Gasteiger partial charge on any atom is -0.347 e. The van der Waals surface area contributed by atoms with E-state index in [1.165, 1.54) is 4.90 Å². The van der Waals surface area contributed by atoms with Gasteiger partial charge in [-0.15, -0.1) is 0 Å². The van der Waals surface area contributed by atoms with E-state index in [4.69, 9.17) is 0 Å². The second kappa shape index (κ2) is 6.74. The molecule has 1 N–H and O–H groups in total. The summed E-state index contributed by atoms with van der Waals surface area (Å²) in [6.45, 7) is 0.582. The summed E-state index contributed by atoms with van der Waals surface area (Å²) in [6, 6.07) is 4.92. The monoisotopic (exact) mass is 344 g/mol. The van der Waals surface area contributed by atoms with Crippen LogP contribution < -0.4 is 10.2 Å². The van der Waals surface area contributed by atoms with Gasteiger partial charge < -0.3 is 20.0 Å². The minimum atomic E-state index is -0.392. The highest BCUT2D eigenvalue weighted by Gasteiger charge is 2.35. The number of amides is 4. The van der Waals surface area contributed by atoms with Gasteiger partial charge in [-0.1, -0.05) is 0 Å². The van der Waals surface area contributed by atoms with Gasteiger partial charge in [0.15, 0.2) is 0 Å². The Labute approximate surface area is 147 Å². The van der Waals surface area contributed by atoms with Crippen LogP contribution in [-0.2, 0) is 16.0 Å². The lowest BCUT2D eigenvalue weighted by Crippen LogP contribution is -2.47. The van der Waals surface area contributed by atoms with Crippen LogP contribution in [0.4, 0.5) is 16.2 Å². The number of carbonyl (C=O) groups is 3. The van der Waals surface area contributed by atoms with Crippen LogP contribution in [0.3, 0.4) is 0 Å². The first kappa shape index (κ1) is 17.3. The number of hydrogen-bond acceptors (Lipinski definition) is 3. The van der Waals surface area contributed by atoms with Crippen molar-refractivity contribution in [3.63, 3.8) is 0 Å². The number of hydrogen-bond donors (Lipinski definition) is 1. The molecule has 0 radical (unpaired) electrons. The summed E-state index contributed by atoms with van der Waals surface area (Å²) < 4.78 is 0. The quantitative estimate of drug-likeness (QED) is 0.887. The number of nitrogens with zero attached hydrogens (tertiary/aromatic N) is 3. The Balaban J connectivity index is 1.73. The van der Waals surface area contributed by atoms with Gasteiger partial charge in [-0.3, -0.25) is 9.59 Å². The van der Waals surface area contributed by atoms with Crippen LogP contribution >= 0.6 is 0 Å². The smallest absolute Gasteiger partial charge is 0.322 e. The van der Waals surface area contributed by atoms with Gasteiger partial charge in [0.05, 0.1) is 0 Å². The van der Waals surface area contributed by atoms with E-state index < -0.39 is 6.04 Å². The molecule has 0 spiro atoms. The van der Waals surface area contributed by atoms with Crippen LogP contribution in [-0.4, -0.2) is 61.4 Å². The first-order chi connectivity index (χ1) is 11.9. The molecular formula is C18H24N4O3. The molecule has 1 fully saturated rings. The van der Waals surface area contributed by atoms with Crippen LogP contribution in [0.15, 0.2) is 18.2 Å². The van der Waals surface area contributed by atoms with Crippen molar-refractivity contribution in [2.45, 2.75) is 31.7 Å². The molecule has 0 unspecified atom stereocenters. The summed E-state index contributed by atoms with van der Waals surface area (Å²) >= 11 is 0. The molecule has 7 nitrogen and oxygen atoms in total. The van der Waals surface area contributed by atoms with Gasteiger partial charge in [-0.25, -0.2) is 4.79 Å². The van der Waals surface area contributed by atoms with Gasteiger partial charge in [0.1, 0.15) is 6.04 Å². The predicted molar refractivity (Wildman–Crippen MR) is 95.6 cm³/mol. The van der Waals surface area contributed by atoms with Crippen LogP contribution in [0.25, 0.3) is 0 Å². The maximum Gasteiger partial charge on any atom is 0.322 e. The summed E-state index contributed by atoms with van der Waals surface area (Å²) in [5.41, 5.74) is 2.62. The first-order valence-corrected chi connectivity index (χ1v) is 8.56. The van der Waals surface area contributed by atoms with E-state index in [9.17, 15) is 14.4 Å². The Bertz CT molecular complexity index is 716. The average Bonchev–Trinajstić information content (AvgIpc) is 3.07. The van der Waals surface area contributed by atoms with E-state index in [2.05, 4.69) is 5.32 Å². The molecule has 1 saturated heterocycles. The number of likely N-dealkylation sites (N-methyl/N-ethyl adjacent to an activating group) is 1. The average molecular weight is 344 g/mol. The fourth-order valence-corrected chi connectivity index (χ4v) is 3.49. The van der Waals surface area contributed by atoms with E-state index in [0.717, 1.165) is 17.7 Å². The maximum atomic E-state index is 12.6. The van der Waals surface area contributed by atoms with E-state index in [1.807, 2.05) is 12.1 Å². The molecule has 1 aromatic carbocycles. The Morgan fingerprint density at radius 2 is 2.00 bits per heavy atom. The number of nitrogens with one attached hydrogen (secondary N) is 1. The van der Waals surface area contributed by atoms with Crippen LogP contribution in [0.5, 0.6) is 0 Å². The van der Waals surface area contributed by atoms with Gasteiger partial charge in [0.25, 0.3) is 0 Å². The predicted octanol–water partition coefficient (Wildman–Crippen LogP) is 1.68. The van der Waals surface area contributed by atoms with E-state index in [1.54, 1.807) is 37.0 Å². The molecule has 0 saturated carbocycles. The van der Waals surface area contributed by atoms with Crippen molar-refractivity contribution in [1.82, 2.24) is 9.80 Å². The summed E-state index contributed by atoms with van der Waals surface area (Å²) in [4.78, 5) is 41.4. The van der Waals surface area contributed by atoms with Crippen molar-refractivity contribution >= 4 is 29.2 Å². The van der Waals surface area contributed by atoms with E-state index >= 15 is 0 Å². The second-order valence-electron chi connectivity index (χ2n) is 6.81. The lowest BCUT2D eigenvalue weighted by molar-refractivity contribution is -0.132. The van der Waals surface area contributed by atoms with Crippen molar-refractivity contribution in [2.24, 2.45) is 0 Å². The lowest BCUT2D eigenvalue weighted by atomic mass is 10.0. The molecule has 0 aromatic heterocycles. The lowest BCUT2D eigenvalue weighted by Gasteiger charge is -2.28. The SMILES string of the molecule is CN(C)C(=O)[C@H]1CCCN1C(=O)Nc1ccc2c(c1)CCC(=O)N2C. The molecule has 2 heterocycles. The molecular weight excluding hydrogens is 320 g/mol. The molecule has 1 aromatic rings. The number of rotatable bonds is 2. The number of anilines is 2. The van der Waals surface area contributed by atoms with Gasteiger partial charge in [-0.05, 0) is 43.0 Å². The van der Waals surface area contributed by atoms with Crippen LogP contribution in [0.1, 0.15) is 24.8 Å². The first-order valence-electron chi connectivity index (χ1n) is 8.56. The number of urea groups is 1. The number of benzene rings is 1. The molecule has 7 heteroatoms. The van der Waals surface area contributed by atoms with Crippen molar-refractivity contribution < 1.29 is 14.4 Å². The van der Waals surface area contributed by atoms with Crippen molar-refractivity contribution in [3.8, 4) is 0 Å². The third-order valence-corrected chi connectivity index (χ3v) is 4.91. The third kappa shape index (κ3) is 3.31. The molecule has 2 aliphatic rings. The van der Waals surface area contributed by atoms with Crippen molar-refractivity contribution in [1.29, 1.82) is 0 Å². The van der Waals surface area contributed by atoms with Crippen molar-refractivity contribution in [2.75, 3.05) is 37.9 Å². The summed E-state index contributed by atoms with van der Waals surface area (Å²) in [7, 11) is 5.18. The molecule has 25 heavy (non-hydrogen) atoms. The number of fused-ring (bicyclic) bond motifs is 1. The van der Waals surface area contributed by atoms with Gasteiger partial charge in [0.2, 0.25) is 11.8 Å². The third-order valence-electron chi connectivity index (χ3n) is 4.91. The topological polar surface area (TPSA) is 73.0 Å². The Morgan fingerprint density at radius 3 is 2.72 bits per heavy atom. The highest BCUT2D eigenvalue weighted by molar-refractivity contribution is 5.97. The normalized spacial score (nSPS) is 19.6. The van der Waals surface area contributed by atoms with Crippen molar-refractivity contribution in [3.05, 3.63) is 23.8 Å². The summed E-state index contributed by atoms with van der Waals surface area (Å²) in [5, 5.41) is 2.90. The molecule has 2 aliphatic heterocycles. The Hall–Kier alpha value is -2.57. The zero-order chi connectivity index (χ0) is 18.1. The largest absolute Gasteiger partial charge is 0.347 e. The second-order valence-corrected chi connectivity index (χ2v) is 6.81. The number of likely N-dealkylation sites (tertiary alicyclic amines) is 1. The molecule has 134 valence electrons. The fraction of sp³-hybridized carbons (Fsp3) is 0.500.